The maximum atomic E-state index is 13.5. The number of hydrogen-bond donors (Lipinski definition) is 1. The Kier molecular flexibility index (Phi) is 6.46. The molecule has 1 atom stereocenters. The Morgan fingerprint density at radius 3 is 2.53 bits per heavy atom. The van der Waals surface area contributed by atoms with Gasteiger partial charge in [-0.1, -0.05) is 23.7 Å². The molecule has 9 heteroatoms. The van der Waals surface area contributed by atoms with Crippen molar-refractivity contribution in [3.05, 3.63) is 75.6 Å². The van der Waals surface area contributed by atoms with Gasteiger partial charge in [-0.05, 0) is 72.2 Å². The highest BCUT2D eigenvalue weighted by Gasteiger charge is 2.47. The molecule has 0 saturated carbocycles. The van der Waals surface area contributed by atoms with Crippen LogP contribution in [0.1, 0.15) is 53.9 Å². The Morgan fingerprint density at radius 1 is 1.18 bits per heavy atom. The number of amides is 1. The molecule has 2 aliphatic rings. The summed E-state index contributed by atoms with van der Waals surface area (Å²) in [6.07, 6.45) is -0.909. The fourth-order valence-electron chi connectivity index (χ4n) is 5.32. The van der Waals surface area contributed by atoms with Gasteiger partial charge in [-0.3, -0.25) is 9.59 Å². The molecule has 1 spiro atoms. The quantitative estimate of drug-likeness (QED) is 0.416. The Bertz CT molecular complexity index is 1150. The van der Waals surface area contributed by atoms with E-state index in [0.717, 1.165) is 35.4 Å². The van der Waals surface area contributed by atoms with Gasteiger partial charge in [-0.15, -0.1) is 0 Å². The van der Waals surface area contributed by atoms with Crippen LogP contribution in [0.25, 0.3) is 6.08 Å². The summed E-state index contributed by atoms with van der Waals surface area (Å²) in [5.41, 5.74) is 0.0976. The van der Waals surface area contributed by atoms with Crippen molar-refractivity contribution in [2.75, 3.05) is 13.1 Å². The van der Waals surface area contributed by atoms with Crippen molar-refractivity contribution in [2.45, 2.75) is 43.2 Å². The molecule has 2 aromatic rings. The van der Waals surface area contributed by atoms with Crippen LogP contribution in [0, 0.1) is 5.82 Å². The fourth-order valence-corrected chi connectivity index (χ4v) is 5.70. The second-order valence-electron chi connectivity index (χ2n) is 8.87. The van der Waals surface area contributed by atoms with Gasteiger partial charge in [-0.25, -0.2) is 4.39 Å². The molecule has 2 aromatic carbocycles. The van der Waals surface area contributed by atoms with Crippen LogP contribution < -0.4 is 0 Å². The van der Waals surface area contributed by atoms with Crippen LogP contribution in [-0.2, 0) is 21.2 Å². The topological polar surface area (TPSA) is 57.6 Å². The summed E-state index contributed by atoms with van der Waals surface area (Å²) in [7, 11) is 0. The number of rotatable bonds is 4. The molecule has 4 nitrogen and oxygen atoms in total. The van der Waals surface area contributed by atoms with Gasteiger partial charge < -0.3 is 10.0 Å². The van der Waals surface area contributed by atoms with E-state index in [2.05, 4.69) is 0 Å². The van der Waals surface area contributed by atoms with Crippen molar-refractivity contribution in [1.29, 1.82) is 0 Å². The Hall–Kier alpha value is -2.87. The van der Waals surface area contributed by atoms with E-state index in [1.165, 1.54) is 4.90 Å². The zero-order valence-electron chi connectivity index (χ0n) is 18.0. The van der Waals surface area contributed by atoms with Crippen LogP contribution in [0.4, 0.5) is 17.6 Å². The number of fused-ring (bicyclic) bond motifs is 2. The Labute approximate surface area is 198 Å². The number of halogens is 5. The molecule has 1 N–H and O–H groups in total. The molecule has 1 saturated heterocycles. The van der Waals surface area contributed by atoms with Crippen LogP contribution in [0.5, 0.6) is 0 Å². The number of alkyl halides is 3. The highest BCUT2D eigenvalue weighted by molar-refractivity contribution is 6.31. The summed E-state index contributed by atoms with van der Waals surface area (Å²) in [4.78, 5) is 25.6. The first-order chi connectivity index (χ1) is 16.0. The smallest absolute Gasteiger partial charge is 0.416 e. The maximum absolute atomic E-state index is 13.5. The predicted molar refractivity (Wildman–Crippen MR) is 119 cm³/mol. The number of hydrogen-bond acceptors (Lipinski definition) is 2. The Morgan fingerprint density at radius 2 is 1.88 bits per heavy atom. The SMILES string of the molecule is O=C(O)CC1CC2(CCN(C(=O)C=Cc3cc(F)ccc3C(F)(F)F)CC2)c2c(Cl)cccc21. The molecule has 1 amide bonds. The van der Waals surface area contributed by atoms with Crippen LogP contribution in [0.15, 0.2) is 42.5 Å². The first-order valence-electron chi connectivity index (χ1n) is 10.8. The lowest BCUT2D eigenvalue weighted by Gasteiger charge is -2.40. The summed E-state index contributed by atoms with van der Waals surface area (Å²) in [6, 6.07) is 7.62. The van der Waals surface area contributed by atoms with Crippen molar-refractivity contribution in [2.24, 2.45) is 0 Å². The number of carboxylic acid groups (broad SMARTS) is 1. The molecule has 4 rings (SSSR count). The van der Waals surface area contributed by atoms with Gasteiger partial charge in [0.2, 0.25) is 5.91 Å². The summed E-state index contributed by atoms with van der Waals surface area (Å²) in [5.74, 6) is -2.34. The third kappa shape index (κ3) is 4.69. The summed E-state index contributed by atoms with van der Waals surface area (Å²) < 4.78 is 53.1. The van der Waals surface area contributed by atoms with Gasteiger partial charge >= 0.3 is 12.1 Å². The predicted octanol–water partition coefficient (Wildman–Crippen LogP) is 6.03. The number of carbonyl (C=O) groups is 2. The minimum absolute atomic E-state index is 0.00432. The molecular weight excluding hydrogens is 474 g/mol. The molecule has 1 heterocycles. The standard InChI is InChI=1S/C25H22ClF4NO3/c26-20-3-1-2-18-16(13-22(33)34)14-24(23(18)20)8-10-31(11-9-24)21(32)7-4-15-12-17(27)5-6-19(15)25(28,29)30/h1-7,12,16H,8-11,13-14H2,(H,33,34). The average Bonchev–Trinajstić information content (AvgIpc) is 3.05. The van der Waals surface area contributed by atoms with Crippen molar-refractivity contribution >= 4 is 29.6 Å². The molecule has 1 unspecified atom stereocenters. The van der Waals surface area contributed by atoms with Crippen molar-refractivity contribution in [3.8, 4) is 0 Å². The number of aliphatic carboxylic acids is 1. The van der Waals surface area contributed by atoms with Gasteiger partial charge in [0.1, 0.15) is 5.82 Å². The molecule has 1 aliphatic carbocycles. The van der Waals surface area contributed by atoms with E-state index in [1.54, 1.807) is 12.1 Å². The van der Waals surface area contributed by atoms with Crippen molar-refractivity contribution in [1.82, 2.24) is 4.90 Å². The van der Waals surface area contributed by atoms with E-state index >= 15 is 0 Å². The highest BCUT2D eigenvalue weighted by Crippen LogP contribution is 2.55. The molecule has 34 heavy (non-hydrogen) atoms. The van der Waals surface area contributed by atoms with Gasteiger partial charge in [0, 0.05) is 29.6 Å². The monoisotopic (exact) mass is 495 g/mol. The minimum Gasteiger partial charge on any atom is -0.481 e. The lowest BCUT2D eigenvalue weighted by Crippen LogP contribution is -2.44. The van der Waals surface area contributed by atoms with Gasteiger partial charge in [-0.2, -0.15) is 13.2 Å². The van der Waals surface area contributed by atoms with E-state index < -0.39 is 35.0 Å². The first-order valence-corrected chi connectivity index (χ1v) is 11.2. The minimum atomic E-state index is -4.67. The molecule has 180 valence electrons. The Balaban J connectivity index is 1.50. The number of nitrogens with zero attached hydrogens (tertiary/aromatic N) is 1. The van der Waals surface area contributed by atoms with Gasteiger partial charge in [0.05, 0.1) is 12.0 Å². The molecule has 1 aliphatic heterocycles. The zero-order valence-corrected chi connectivity index (χ0v) is 18.8. The maximum Gasteiger partial charge on any atom is 0.416 e. The summed E-state index contributed by atoms with van der Waals surface area (Å²) in [6.45, 7) is 0.700. The average molecular weight is 496 g/mol. The fraction of sp³-hybridized carbons (Fsp3) is 0.360. The number of piperidine rings is 1. The number of carboxylic acids is 1. The highest BCUT2D eigenvalue weighted by atomic mass is 35.5. The van der Waals surface area contributed by atoms with Crippen LogP contribution in [-0.4, -0.2) is 35.0 Å². The van der Waals surface area contributed by atoms with Crippen LogP contribution in [0.3, 0.4) is 0 Å². The second kappa shape index (κ2) is 9.06. The lowest BCUT2D eigenvalue weighted by molar-refractivity contribution is -0.138. The van der Waals surface area contributed by atoms with E-state index in [4.69, 9.17) is 11.6 Å². The third-order valence-corrected chi connectivity index (χ3v) is 7.15. The summed E-state index contributed by atoms with van der Waals surface area (Å²) >= 11 is 6.51. The summed E-state index contributed by atoms with van der Waals surface area (Å²) in [5, 5.41) is 9.90. The largest absolute Gasteiger partial charge is 0.481 e. The van der Waals surface area contributed by atoms with Crippen molar-refractivity contribution in [3.63, 3.8) is 0 Å². The number of benzene rings is 2. The number of likely N-dealkylation sites (tertiary alicyclic amines) is 1. The first kappa shape index (κ1) is 24.3. The van der Waals surface area contributed by atoms with Crippen LogP contribution in [0.2, 0.25) is 5.02 Å². The molecule has 0 radical (unpaired) electrons. The molecule has 1 fully saturated rings. The molecule has 0 aromatic heterocycles. The van der Waals surface area contributed by atoms with Crippen LogP contribution >= 0.6 is 11.6 Å². The normalized spacial score (nSPS) is 19.6. The molecular formula is C25H22ClF4NO3. The third-order valence-electron chi connectivity index (χ3n) is 6.83. The van der Waals surface area contributed by atoms with E-state index in [-0.39, 0.29) is 17.8 Å². The van der Waals surface area contributed by atoms with Crippen molar-refractivity contribution < 1.29 is 32.3 Å². The van der Waals surface area contributed by atoms with E-state index in [1.807, 2.05) is 6.07 Å². The second-order valence-corrected chi connectivity index (χ2v) is 9.28. The zero-order chi connectivity index (χ0) is 24.7. The van der Waals surface area contributed by atoms with E-state index in [9.17, 15) is 32.3 Å². The van der Waals surface area contributed by atoms with E-state index in [0.29, 0.717) is 43.4 Å². The van der Waals surface area contributed by atoms with Gasteiger partial charge in [0.15, 0.2) is 0 Å². The number of carbonyl (C=O) groups excluding carboxylic acids is 1. The lowest BCUT2D eigenvalue weighted by atomic mass is 9.73. The molecule has 0 bridgehead atoms. The van der Waals surface area contributed by atoms with Gasteiger partial charge in [0.25, 0.3) is 0 Å².